The van der Waals surface area contributed by atoms with Crippen LogP contribution in [0.1, 0.15) is 85.6 Å². The highest BCUT2D eigenvalue weighted by Crippen LogP contribution is 2.44. The van der Waals surface area contributed by atoms with E-state index in [1.54, 1.807) is 0 Å². The van der Waals surface area contributed by atoms with Crippen LogP contribution in [-0.2, 0) is 0 Å². The SMILES string of the molecule is [CH2]c1ccc(N(C2CC(C)CCC2C(C)C)C2CC(C)CCC2C(C)C)cc1. The number of benzene rings is 1. The van der Waals surface area contributed by atoms with E-state index in [0.717, 1.165) is 41.1 Å². The Kier molecular flexibility index (Phi) is 7.16. The van der Waals surface area contributed by atoms with Crippen molar-refractivity contribution in [2.75, 3.05) is 4.90 Å². The Bertz CT molecular complexity index is 569. The maximum absolute atomic E-state index is 4.14. The fraction of sp³-hybridized carbons (Fsp3) is 0.741. The molecule has 0 spiro atoms. The van der Waals surface area contributed by atoms with Gasteiger partial charge >= 0.3 is 0 Å². The van der Waals surface area contributed by atoms with Crippen molar-refractivity contribution in [1.29, 1.82) is 0 Å². The average Bonchev–Trinajstić information content (AvgIpc) is 2.63. The van der Waals surface area contributed by atoms with E-state index in [2.05, 4.69) is 77.6 Å². The first kappa shape index (κ1) is 21.7. The summed E-state index contributed by atoms with van der Waals surface area (Å²) in [6.45, 7) is 18.9. The smallest absolute Gasteiger partial charge is 0.0371 e. The van der Waals surface area contributed by atoms with E-state index in [9.17, 15) is 0 Å². The molecule has 0 N–H and O–H groups in total. The summed E-state index contributed by atoms with van der Waals surface area (Å²) in [5, 5.41) is 0. The van der Waals surface area contributed by atoms with Gasteiger partial charge in [-0.1, -0.05) is 66.5 Å². The van der Waals surface area contributed by atoms with Crippen LogP contribution >= 0.6 is 0 Å². The fourth-order valence-corrected chi connectivity index (χ4v) is 6.24. The maximum Gasteiger partial charge on any atom is 0.0371 e. The Morgan fingerprint density at radius 2 is 1.18 bits per heavy atom. The van der Waals surface area contributed by atoms with Gasteiger partial charge in [0.05, 0.1) is 0 Å². The Hall–Kier alpha value is -0.980. The van der Waals surface area contributed by atoms with Crippen molar-refractivity contribution in [2.45, 2.75) is 92.2 Å². The second kappa shape index (κ2) is 9.23. The number of hydrogen-bond acceptors (Lipinski definition) is 1. The summed E-state index contributed by atoms with van der Waals surface area (Å²) < 4.78 is 0. The summed E-state index contributed by atoms with van der Waals surface area (Å²) in [6, 6.07) is 10.5. The average molecular weight is 383 g/mol. The van der Waals surface area contributed by atoms with Gasteiger partial charge in [0.2, 0.25) is 0 Å². The first-order valence-electron chi connectivity index (χ1n) is 12.0. The van der Waals surface area contributed by atoms with Crippen molar-refractivity contribution in [1.82, 2.24) is 0 Å². The molecule has 1 heteroatoms. The lowest BCUT2D eigenvalue weighted by Gasteiger charge is -2.53. The predicted molar refractivity (Wildman–Crippen MR) is 124 cm³/mol. The predicted octanol–water partition coefficient (Wildman–Crippen LogP) is 7.60. The number of rotatable bonds is 5. The topological polar surface area (TPSA) is 3.24 Å². The standard InChI is InChI=1S/C27H44N/c1-18(2)24-14-10-21(6)16-26(24)28(23-12-8-20(5)9-13-23)27-17-22(7)11-15-25(27)19(3)4/h8-9,12-13,18-19,21-22,24-27H,5,10-11,14-17H2,1-4,6-7H3. The van der Waals surface area contributed by atoms with E-state index in [1.165, 1.54) is 44.2 Å². The number of nitrogens with zero attached hydrogens (tertiary/aromatic N) is 1. The third kappa shape index (κ3) is 4.77. The quantitative estimate of drug-likeness (QED) is 0.507. The molecule has 0 bridgehead atoms. The lowest BCUT2D eigenvalue weighted by molar-refractivity contribution is 0.136. The van der Waals surface area contributed by atoms with Gasteiger partial charge in [0.1, 0.15) is 0 Å². The molecule has 28 heavy (non-hydrogen) atoms. The van der Waals surface area contributed by atoms with Gasteiger partial charge in [0, 0.05) is 17.8 Å². The largest absolute Gasteiger partial charge is 0.365 e. The van der Waals surface area contributed by atoms with E-state index in [4.69, 9.17) is 0 Å². The van der Waals surface area contributed by atoms with Crippen LogP contribution in [0.3, 0.4) is 0 Å². The zero-order valence-electron chi connectivity index (χ0n) is 19.3. The van der Waals surface area contributed by atoms with Crippen molar-refractivity contribution in [3.8, 4) is 0 Å². The van der Waals surface area contributed by atoms with Crippen LogP contribution in [-0.4, -0.2) is 12.1 Å². The van der Waals surface area contributed by atoms with Crippen molar-refractivity contribution in [3.05, 3.63) is 36.8 Å². The fourth-order valence-electron chi connectivity index (χ4n) is 6.24. The van der Waals surface area contributed by atoms with Gasteiger partial charge in [0.25, 0.3) is 0 Å². The third-order valence-electron chi connectivity index (χ3n) is 7.92. The molecule has 0 amide bonds. The van der Waals surface area contributed by atoms with Crippen LogP contribution in [0.15, 0.2) is 24.3 Å². The molecule has 0 aliphatic heterocycles. The highest BCUT2D eigenvalue weighted by molar-refractivity contribution is 5.51. The minimum absolute atomic E-state index is 0.677. The van der Waals surface area contributed by atoms with Crippen LogP contribution in [0, 0.1) is 42.4 Å². The highest BCUT2D eigenvalue weighted by Gasteiger charge is 2.42. The summed E-state index contributed by atoms with van der Waals surface area (Å²) >= 11 is 0. The second-order valence-electron chi connectivity index (χ2n) is 10.9. The van der Waals surface area contributed by atoms with Crippen molar-refractivity contribution < 1.29 is 0 Å². The summed E-state index contributed by atoms with van der Waals surface area (Å²) in [6.07, 6.45) is 8.29. The number of anilines is 1. The van der Waals surface area contributed by atoms with Crippen LogP contribution in [0.5, 0.6) is 0 Å². The van der Waals surface area contributed by atoms with Gasteiger partial charge in [-0.3, -0.25) is 0 Å². The Labute approximate surface area is 175 Å². The van der Waals surface area contributed by atoms with E-state index in [0.29, 0.717) is 12.1 Å². The molecule has 6 unspecified atom stereocenters. The Morgan fingerprint density at radius 3 is 1.57 bits per heavy atom. The molecule has 3 rings (SSSR count). The van der Waals surface area contributed by atoms with Gasteiger partial charge in [0.15, 0.2) is 0 Å². The number of hydrogen-bond donors (Lipinski definition) is 0. The van der Waals surface area contributed by atoms with Crippen LogP contribution in [0.4, 0.5) is 5.69 Å². The molecular formula is C27H44N. The summed E-state index contributed by atoms with van der Waals surface area (Å²) in [4.78, 5) is 2.93. The summed E-state index contributed by atoms with van der Waals surface area (Å²) in [5.74, 6) is 4.80. The van der Waals surface area contributed by atoms with Gasteiger partial charge < -0.3 is 4.90 Å². The zero-order valence-corrected chi connectivity index (χ0v) is 19.3. The van der Waals surface area contributed by atoms with E-state index in [-0.39, 0.29) is 0 Å². The molecule has 0 heterocycles. The normalized spacial score (nSPS) is 34.0. The molecule has 1 aromatic carbocycles. The summed E-state index contributed by atoms with van der Waals surface area (Å²) in [7, 11) is 0. The molecular weight excluding hydrogens is 338 g/mol. The third-order valence-corrected chi connectivity index (χ3v) is 7.92. The molecule has 0 saturated heterocycles. The Morgan fingerprint density at radius 1 is 0.750 bits per heavy atom. The first-order chi connectivity index (χ1) is 13.3. The van der Waals surface area contributed by atoms with Crippen LogP contribution in [0.2, 0.25) is 0 Å². The van der Waals surface area contributed by atoms with E-state index < -0.39 is 0 Å². The monoisotopic (exact) mass is 382 g/mol. The molecule has 2 aliphatic carbocycles. The van der Waals surface area contributed by atoms with Crippen LogP contribution < -0.4 is 4.90 Å². The molecule has 1 aromatic rings. The van der Waals surface area contributed by atoms with Gasteiger partial charge in [-0.15, -0.1) is 0 Å². The zero-order chi connectivity index (χ0) is 20.4. The van der Waals surface area contributed by atoms with E-state index >= 15 is 0 Å². The van der Waals surface area contributed by atoms with Gasteiger partial charge in [-0.2, -0.15) is 0 Å². The van der Waals surface area contributed by atoms with Gasteiger partial charge in [-0.25, -0.2) is 0 Å². The molecule has 2 aliphatic rings. The second-order valence-corrected chi connectivity index (χ2v) is 10.9. The first-order valence-corrected chi connectivity index (χ1v) is 12.0. The summed E-state index contributed by atoms with van der Waals surface area (Å²) in [5.41, 5.74) is 2.57. The molecule has 2 fully saturated rings. The van der Waals surface area contributed by atoms with Crippen molar-refractivity contribution in [3.63, 3.8) is 0 Å². The molecule has 1 radical (unpaired) electrons. The highest BCUT2D eigenvalue weighted by atomic mass is 15.2. The minimum Gasteiger partial charge on any atom is -0.365 e. The maximum atomic E-state index is 4.14. The minimum atomic E-state index is 0.677. The van der Waals surface area contributed by atoms with Crippen molar-refractivity contribution >= 4 is 5.69 Å². The molecule has 6 atom stereocenters. The molecule has 1 nitrogen and oxygen atoms in total. The Balaban J connectivity index is 2.04. The molecule has 157 valence electrons. The van der Waals surface area contributed by atoms with Gasteiger partial charge in [-0.05, 0) is 85.8 Å². The van der Waals surface area contributed by atoms with E-state index in [1.807, 2.05) is 0 Å². The lowest BCUT2D eigenvalue weighted by atomic mass is 9.69. The molecule has 0 aromatic heterocycles. The van der Waals surface area contributed by atoms with Crippen LogP contribution in [0.25, 0.3) is 0 Å². The molecule has 2 saturated carbocycles. The van der Waals surface area contributed by atoms with Crippen molar-refractivity contribution in [2.24, 2.45) is 35.5 Å². The lowest BCUT2D eigenvalue weighted by Crippen LogP contribution is -2.55.